The molecule has 0 spiro atoms. The zero-order valence-electron chi connectivity index (χ0n) is 14.2. The van der Waals surface area contributed by atoms with Gasteiger partial charge in [0.25, 0.3) is 5.91 Å². The Morgan fingerprint density at radius 3 is 2.54 bits per heavy atom. The van der Waals surface area contributed by atoms with Crippen molar-refractivity contribution >= 4 is 17.3 Å². The number of aromatic nitrogens is 1. The maximum Gasteiger partial charge on any atom is 0.270 e. The van der Waals surface area contributed by atoms with Crippen LogP contribution in [0.2, 0.25) is 0 Å². The number of carbonyl (C=O) groups is 1. The Hall–Kier alpha value is -2.36. The number of carbonyl (C=O) groups excluding carboxylic acids is 1. The maximum absolute atomic E-state index is 12.4. The van der Waals surface area contributed by atoms with Gasteiger partial charge in [-0.1, -0.05) is 38.3 Å². The number of nitrogens with zero attached hydrogens (tertiary/aromatic N) is 1. The van der Waals surface area contributed by atoms with Crippen LogP contribution >= 0.6 is 0 Å². The van der Waals surface area contributed by atoms with Gasteiger partial charge in [-0.25, -0.2) is 0 Å². The van der Waals surface area contributed by atoms with Crippen LogP contribution in [-0.2, 0) is 6.42 Å². The summed E-state index contributed by atoms with van der Waals surface area (Å²) in [5.74, 6) is -0.0770. The van der Waals surface area contributed by atoms with Gasteiger partial charge in [0.15, 0.2) is 0 Å². The van der Waals surface area contributed by atoms with Crippen LogP contribution in [0.4, 0.5) is 11.4 Å². The minimum absolute atomic E-state index is 0.0770. The molecule has 0 aliphatic heterocycles. The van der Waals surface area contributed by atoms with Crippen LogP contribution in [0.3, 0.4) is 0 Å². The predicted octanol–water partition coefficient (Wildman–Crippen LogP) is 4.45. The van der Waals surface area contributed by atoms with Gasteiger partial charge in [0.2, 0.25) is 0 Å². The lowest BCUT2D eigenvalue weighted by Gasteiger charge is -2.22. The molecule has 4 nitrogen and oxygen atoms in total. The standard InChI is InChI=1S/C20H25N3O/c1-2-15-8-10-17(11-9-15)22-18-12-13-21-19(14-18)20(24)23-16-6-4-3-5-7-16/h8-14,16H,2-7H2,1H3,(H,21,22)(H,23,24). The summed E-state index contributed by atoms with van der Waals surface area (Å²) in [5.41, 5.74) is 3.67. The lowest BCUT2D eigenvalue weighted by atomic mass is 9.95. The van der Waals surface area contributed by atoms with Crippen LogP contribution in [0.25, 0.3) is 0 Å². The molecule has 24 heavy (non-hydrogen) atoms. The second kappa shape index (κ2) is 7.95. The molecule has 0 radical (unpaired) electrons. The lowest BCUT2D eigenvalue weighted by molar-refractivity contribution is 0.0922. The van der Waals surface area contributed by atoms with E-state index in [9.17, 15) is 4.79 Å². The molecule has 1 aromatic heterocycles. The molecule has 0 bridgehead atoms. The number of anilines is 2. The van der Waals surface area contributed by atoms with Crippen LogP contribution < -0.4 is 10.6 Å². The summed E-state index contributed by atoms with van der Waals surface area (Å²) in [5, 5.41) is 6.45. The molecule has 1 saturated carbocycles. The van der Waals surface area contributed by atoms with Gasteiger partial charge in [-0.2, -0.15) is 0 Å². The summed E-state index contributed by atoms with van der Waals surface area (Å²) in [6.07, 6.45) is 8.54. The number of pyridine rings is 1. The SMILES string of the molecule is CCc1ccc(Nc2ccnc(C(=O)NC3CCCCC3)c2)cc1. The van der Waals surface area contributed by atoms with Crippen LogP contribution in [0, 0.1) is 0 Å². The molecule has 1 aromatic carbocycles. The third-order valence-corrected chi connectivity index (χ3v) is 4.58. The molecule has 1 fully saturated rings. The fourth-order valence-electron chi connectivity index (χ4n) is 3.13. The second-order valence-corrected chi connectivity index (χ2v) is 6.41. The van der Waals surface area contributed by atoms with Gasteiger partial charge in [0.1, 0.15) is 5.69 Å². The minimum Gasteiger partial charge on any atom is -0.355 e. The quantitative estimate of drug-likeness (QED) is 0.854. The number of hydrogen-bond acceptors (Lipinski definition) is 3. The Kier molecular flexibility index (Phi) is 5.47. The monoisotopic (exact) mass is 323 g/mol. The first-order chi connectivity index (χ1) is 11.7. The average molecular weight is 323 g/mol. The third-order valence-electron chi connectivity index (χ3n) is 4.58. The normalized spacial score (nSPS) is 15.0. The van der Waals surface area contributed by atoms with E-state index in [1.54, 1.807) is 6.20 Å². The van der Waals surface area contributed by atoms with E-state index in [0.29, 0.717) is 11.7 Å². The van der Waals surface area contributed by atoms with Crippen molar-refractivity contribution in [2.75, 3.05) is 5.32 Å². The zero-order valence-corrected chi connectivity index (χ0v) is 14.2. The highest BCUT2D eigenvalue weighted by Gasteiger charge is 2.17. The molecule has 0 saturated heterocycles. The van der Waals surface area contributed by atoms with Crippen molar-refractivity contribution in [1.29, 1.82) is 0 Å². The van der Waals surface area contributed by atoms with E-state index >= 15 is 0 Å². The summed E-state index contributed by atoms with van der Waals surface area (Å²) >= 11 is 0. The van der Waals surface area contributed by atoms with Crippen molar-refractivity contribution in [3.8, 4) is 0 Å². The van der Waals surface area contributed by atoms with Gasteiger partial charge in [0.05, 0.1) is 0 Å². The maximum atomic E-state index is 12.4. The summed E-state index contributed by atoms with van der Waals surface area (Å²) in [4.78, 5) is 16.6. The van der Waals surface area contributed by atoms with E-state index in [4.69, 9.17) is 0 Å². The number of nitrogens with one attached hydrogen (secondary N) is 2. The van der Waals surface area contributed by atoms with E-state index in [1.807, 2.05) is 12.1 Å². The van der Waals surface area contributed by atoms with Gasteiger partial charge >= 0.3 is 0 Å². The number of benzene rings is 1. The van der Waals surface area contributed by atoms with Crippen LogP contribution in [0.5, 0.6) is 0 Å². The van der Waals surface area contributed by atoms with Gasteiger partial charge in [-0.3, -0.25) is 9.78 Å². The number of aryl methyl sites for hydroxylation is 1. The van der Waals surface area contributed by atoms with Crippen molar-refractivity contribution in [3.05, 3.63) is 53.9 Å². The molecule has 0 atom stereocenters. The summed E-state index contributed by atoms with van der Waals surface area (Å²) in [7, 11) is 0. The average Bonchev–Trinajstić information content (AvgIpc) is 2.63. The van der Waals surface area contributed by atoms with Crippen molar-refractivity contribution in [2.45, 2.75) is 51.5 Å². The molecule has 0 unspecified atom stereocenters. The van der Waals surface area contributed by atoms with Crippen LogP contribution in [-0.4, -0.2) is 16.9 Å². The molecular weight excluding hydrogens is 298 g/mol. The summed E-state index contributed by atoms with van der Waals surface area (Å²) in [6.45, 7) is 2.14. The molecule has 3 rings (SSSR count). The fourth-order valence-corrected chi connectivity index (χ4v) is 3.13. The molecule has 2 N–H and O–H groups in total. The largest absolute Gasteiger partial charge is 0.355 e. The molecule has 1 aliphatic rings. The molecule has 1 amide bonds. The van der Waals surface area contributed by atoms with Crippen molar-refractivity contribution in [1.82, 2.24) is 10.3 Å². The number of amides is 1. The van der Waals surface area contributed by atoms with E-state index in [-0.39, 0.29) is 5.91 Å². The first kappa shape index (κ1) is 16.5. The molecule has 1 heterocycles. The summed E-state index contributed by atoms with van der Waals surface area (Å²) in [6, 6.07) is 12.3. The Labute approximate surface area is 143 Å². The Morgan fingerprint density at radius 1 is 1.08 bits per heavy atom. The molecule has 126 valence electrons. The Balaban J connectivity index is 1.65. The molecule has 4 heteroatoms. The first-order valence-electron chi connectivity index (χ1n) is 8.87. The van der Waals surface area contributed by atoms with Crippen LogP contribution in [0.15, 0.2) is 42.6 Å². The zero-order chi connectivity index (χ0) is 16.8. The molecular formula is C20H25N3O. The van der Waals surface area contributed by atoms with E-state index in [1.165, 1.54) is 24.8 Å². The van der Waals surface area contributed by atoms with Crippen LogP contribution in [0.1, 0.15) is 55.1 Å². The van der Waals surface area contributed by atoms with Crippen molar-refractivity contribution in [3.63, 3.8) is 0 Å². The summed E-state index contributed by atoms with van der Waals surface area (Å²) < 4.78 is 0. The smallest absolute Gasteiger partial charge is 0.270 e. The highest BCUT2D eigenvalue weighted by molar-refractivity contribution is 5.93. The second-order valence-electron chi connectivity index (χ2n) is 6.41. The Bertz CT molecular complexity index is 676. The molecule has 2 aromatic rings. The molecule has 1 aliphatic carbocycles. The first-order valence-corrected chi connectivity index (χ1v) is 8.87. The minimum atomic E-state index is -0.0770. The van der Waals surface area contributed by atoms with E-state index in [2.05, 4.69) is 46.8 Å². The van der Waals surface area contributed by atoms with Gasteiger partial charge in [-0.15, -0.1) is 0 Å². The predicted molar refractivity (Wildman–Crippen MR) is 97.7 cm³/mol. The van der Waals surface area contributed by atoms with Gasteiger partial charge < -0.3 is 10.6 Å². The van der Waals surface area contributed by atoms with Crippen molar-refractivity contribution in [2.24, 2.45) is 0 Å². The fraction of sp³-hybridized carbons (Fsp3) is 0.400. The lowest BCUT2D eigenvalue weighted by Crippen LogP contribution is -2.36. The van der Waals surface area contributed by atoms with Gasteiger partial charge in [-0.05, 0) is 49.1 Å². The highest BCUT2D eigenvalue weighted by atomic mass is 16.1. The van der Waals surface area contributed by atoms with E-state index < -0.39 is 0 Å². The number of hydrogen-bond donors (Lipinski definition) is 2. The van der Waals surface area contributed by atoms with Gasteiger partial charge in [0, 0.05) is 23.6 Å². The Morgan fingerprint density at radius 2 is 1.83 bits per heavy atom. The highest BCUT2D eigenvalue weighted by Crippen LogP contribution is 2.19. The topological polar surface area (TPSA) is 54.0 Å². The van der Waals surface area contributed by atoms with Crippen molar-refractivity contribution < 1.29 is 4.79 Å². The third kappa shape index (κ3) is 4.34. The number of rotatable bonds is 5. The van der Waals surface area contributed by atoms with E-state index in [0.717, 1.165) is 30.6 Å².